The van der Waals surface area contributed by atoms with Gasteiger partial charge in [0.05, 0.1) is 18.8 Å². The maximum absolute atomic E-state index is 10.7. The summed E-state index contributed by atoms with van der Waals surface area (Å²) in [4.78, 5) is 10.7. The van der Waals surface area contributed by atoms with Crippen LogP contribution >= 0.6 is 12.2 Å². The highest BCUT2D eigenvalue weighted by Crippen LogP contribution is 2.11. The summed E-state index contributed by atoms with van der Waals surface area (Å²) >= 11 is 5.15. The number of anilines is 1. The molecule has 6 nitrogen and oxygen atoms in total. The molecule has 0 amide bonds. The van der Waals surface area contributed by atoms with Crippen molar-refractivity contribution in [3.8, 4) is 5.75 Å². The lowest BCUT2D eigenvalue weighted by Gasteiger charge is -2.13. The van der Waals surface area contributed by atoms with E-state index in [0.29, 0.717) is 17.3 Å². The Morgan fingerprint density at radius 3 is 2.35 bits per heavy atom. The van der Waals surface area contributed by atoms with Crippen molar-refractivity contribution in [2.75, 3.05) is 12.5 Å². The maximum Gasteiger partial charge on any atom is 0.185 e. The Morgan fingerprint density at radius 1 is 1.13 bits per heavy atom. The highest BCUT2D eigenvalue weighted by atomic mass is 32.1. The first-order valence-electron chi connectivity index (χ1n) is 6.82. The number of nitrogens with one attached hydrogen (secondary N) is 3. The molecule has 0 saturated carbocycles. The van der Waals surface area contributed by atoms with Crippen LogP contribution in [0.2, 0.25) is 0 Å². The Hall–Kier alpha value is -2.80. The van der Waals surface area contributed by atoms with Crippen LogP contribution in [-0.4, -0.2) is 18.2 Å². The number of methoxy groups -OCH3 is 1. The summed E-state index contributed by atoms with van der Waals surface area (Å²) < 4.78 is 5.10. The van der Waals surface area contributed by atoms with Crippen molar-refractivity contribution in [1.29, 1.82) is 0 Å². The number of carbonyl (C=O) groups excluding carboxylic acids is 1. The largest absolute Gasteiger partial charge is 0.545 e. The van der Waals surface area contributed by atoms with Crippen LogP contribution in [0.3, 0.4) is 0 Å². The van der Waals surface area contributed by atoms with Crippen LogP contribution in [0.15, 0.2) is 48.5 Å². The predicted octanol–water partition coefficient (Wildman–Crippen LogP) is 1.05. The fourth-order valence-electron chi connectivity index (χ4n) is 1.79. The molecular weight excluding hydrogens is 314 g/mol. The van der Waals surface area contributed by atoms with Crippen molar-refractivity contribution in [3.05, 3.63) is 59.7 Å². The number of rotatable bonds is 6. The molecule has 2 aromatic carbocycles. The molecule has 120 valence electrons. The van der Waals surface area contributed by atoms with E-state index in [0.717, 1.165) is 11.3 Å². The number of thiocarbonyl (C=S) groups is 1. The zero-order chi connectivity index (χ0) is 16.7. The molecular formula is C16H16N3O3S-. The molecule has 0 heterocycles. The number of hydrogen-bond donors (Lipinski definition) is 3. The highest BCUT2D eigenvalue weighted by molar-refractivity contribution is 7.80. The monoisotopic (exact) mass is 330 g/mol. The first kappa shape index (κ1) is 16.6. The third kappa shape index (κ3) is 5.15. The Balaban J connectivity index is 1.77. The standard InChI is InChI=1S/C16H17N3O3S/c1-22-14-8-2-11(3-9-14)10-17-16(23)19-18-13-6-4-12(5-7-13)15(20)21/h2-9,18H,10H2,1H3,(H,20,21)(H2,17,19,23)/p-1. The second-order valence-corrected chi connectivity index (χ2v) is 5.05. The van der Waals surface area contributed by atoms with E-state index in [1.807, 2.05) is 24.3 Å². The van der Waals surface area contributed by atoms with Crippen LogP contribution in [0.5, 0.6) is 5.75 Å². The molecule has 7 heteroatoms. The topological polar surface area (TPSA) is 85.5 Å². The zero-order valence-corrected chi connectivity index (χ0v) is 13.3. The van der Waals surface area contributed by atoms with E-state index in [2.05, 4.69) is 16.2 Å². The minimum absolute atomic E-state index is 0.121. The smallest absolute Gasteiger partial charge is 0.185 e. The Bertz CT molecular complexity index is 672. The van der Waals surface area contributed by atoms with Crippen molar-refractivity contribution in [3.63, 3.8) is 0 Å². The molecule has 2 rings (SSSR count). The van der Waals surface area contributed by atoms with E-state index < -0.39 is 5.97 Å². The molecule has 23 heavy (non-hydrogen) atoms. The summed E-state index contributed by atoms with van der Waals surface area (Å²) in [5.74, 6) is -0.405. The minimum Gasteiger partial charge on any atom is -0.545 e. The molecule has 0 saturated heterocycles. The van der Waals surface area contributed by atoms with Gasteiger partial charge in [-0.05, 0) is 47.6 Å². The van der Waals surface area contributed by atoms with Gasteiger partial charge in [-0.3, -0.25) is 10.9 Å². The van der Waals surface area contributed by atoms with E-state index in [4.69, 9.17) is 17.0 Å². The van der Waals surface area contributed by atoms with Gasteiger partial charge in [-0.15, -0.1) is 0 Å². The van der Waals surface area contributed by atoms with Gasteiger partial charge in [0, 0.05) is 6.54 Å². The van der Waals surface area contributed by atoms with Crippen molar-refractivity contribution in [2.24, 2.45) is 0 Å². The predicted molar refractivity (Wildman–Crippen MR) is 90.0 cm³/mol. The lowest BCUT2D eigenvalue weighted by molar-refractivity contribution is -0.255. The van der Waals surface area contributed by atoms with E-state index in [9.17, 15) is 9.90 Å². The summed E-state index contributed by atoms with van der Waals surface area (Å²) in [5, 5.41) is 14.1. The summed E-state index contributed by atoms with van der Waals surface area (Å²) in [6, 6.07) is 13.8. The molecule has 0 bridgehead atoms. The molecule has 3 N–H and O–H groups in total. The highest BCUT2D eigenvalue weighted by Gasteiger charge is 1.99. The van der Waals surface area contributed by atoms with E-state index in [1.54, 1.807) is 19.2 Å². The normalized spacial score (nSPS) is 9.78. The van der Waals surface area contributed by atoms with E-state index in [1.165, 1.54) is 12.1 Å². The Labute approximate surface area is 139 Å². The molecule has 0 aliphatic carbocycles. The second kappa shape index (κ2) is 8.00. The first-order valence-corrected chi connectivity index (χ1v) is 7.23. The van der Waals surface area contributed by atoms with Gasteiger partial charge in [-0.2, -0.15) is 0 Å². The number of ether oxygens (including phenoxy) is 1. The van der Waals surface area contributed by atoms with Gasteiger partial charge in [0.1, 0.15) is 5.75 Å². The minimum atomic E-state index is -1.21. The average Bonchev–Trinajstić information content (AvgIpc) is 2.59. The second-order valence-electron chi connectivity index (χ2n) is 4.65. The number of carboxylic acid groups (broad SMARTS) is 1. The molecule has 0 aliphatic rings. The van der Waals surface area contributed by atoms with Crippen LogP contribution in [0.1, 0.15) is 15.9 Å². The number of carboxylic acids is 1. The quantitative estimate of drug-likeness (QED) is 0.539. The van der Waals surface area contributed by atoms with Crippen LogP contribution in [0, 0.1) is 0 Å². The van der Waals surface area contributed by atoms with Crippen LogP contribution < -0.4 is 26.0 Å². The van der Waals surface area contributed by atoms with Crippen molar-refractivity contribution in [1.82, 2.24) is 10.7 Å². The summed E-state index contributed by atoms with van der Waals surface area (Å²) in [5.41, 5.74) is 7.57. The van der Waals surface area contributed by atoms with E-state index >= 15 is 0 Å². The van der Waals surface area contributed by atoms with Crippen LogP contribution in [0.4, 0.5) is 5.69 Å². The third-order valence-electron chi connectivity index (χ3n) is 3.05. The van der Waals surface area contributed by atoms with Gasteiger partial charge in [0.25, 0.3) is 0 Å². The van der Waals surface area contributed by atoms with Crippen molar-refractivity contribution < 1.29 is 14.6 Å². The van der Waals surface area contributed by atoms with Crippen molar-refractivity contribution in [2.45, 2.75) is 6.54 Å². The molecule has 0 atom stereocenters. The number of hydrogen-bond acceptors (Lipinski definition) is 5. The third-order valence-corrected chi connectivity index (χ3v) is 3.30. The van der Waals surface area contributed by atoms with E-state index in [-0.39, 0.29) is 5.56 Å². The van der Waals surface area contributed by atoms with Gasteiger partial charge < -0.3 is 20.0 Å². The summed E-state index contributed by atoms with van der Waals surface area (Å²) in [7, 11) is 1.62. The number of hydrazine groups is 1. The van der Waals surface area contributed by atoms with Gasteiger partial charge >= 0.3 is 0 Å². The molecule has 0 radical (unpaired) electrons. The Kier molecular flexibility index (Phi) is 5.76. The van der Waals surface area contributed by atoms with Gasteiger partial charge in [-0.25, -0.2) is 0 Å². The fraction of sp³-hybridized carbons (Fsp3) is 0.125. The fourth-order valence-corrected chi connectivity index (χ4v) is 1.91. The molecule has 0 fully saturated rings. The zero-order valence-electron chi connectivity index (χ0n) is 12.5. The molecule has 0 aromatic heterocycles. The number of carbonyl (C=O) groups is 1. The molecule has 0 spiro atoms. The summed E-state index contributed by atoms with van der Waals surface area (Å²) in [6.45, 7) is 0.571. The van der Waals surface area contributed by atoms with Gasteiger partial charge in [0.2, 0.25) is 0 Å². The first-order chi connectivity index (χ1) is 11.1. The molecule has 2 aromatic rings. The molecule has 0 unspecified atom stereocenters. The number of benzene rings is 2. The Morgan fingerprint density at radius 2 is 1.78 bits per heavy atom. The van der Waals surface area contributed by atoms with Crippen LogP contribution in [-0.2, 0) is 6.54 Å². The SMILES string of the molecule is COc1ccc(CNC(=S)NNc2ccc(C(=O)[O-])cc2)cc1. The average molecular weight is 330 g/mol. The summed E-state index contributed by atoms with van der Waals surface area (Å²) in [6.07, 6.45) is 0. The molecule has 0 aliphatic heterocycles. The maximum atomic E-state index is 10.7. The number of aromatic carboxylic acids is 1. The lowest BCUT2D eigenvalue weighted by Crippen LogP contribution is -2.38. The van der Waals surface area contributed by atoms with Gasteiger partial charge in [-0.1, -0.05) is 24.3 Å². The lowest BCUT2D eigenvalue weighted by atomic mass is 10.2. The van der Waals surface area contributed by atoms with Crippen LogP contribution in [0.25, 0.3) is 0 Å². The van der Waals surface area contributed by atoms with Gasteiger partial charge in [0.15, 0.2) is 5.11 Å². The van der Waals surface area contributed by atoms with Crippen molar-refractivity contribution >= 4 is 29.0 Å².